The van der Waals surface area contributed by atoms with Crippen molar-refractivity contribution in [2.45, 2.75) is 19.8 Å². The van der Waals surface area contributed by atoms with E-state index in [1.54, 1.807) is 36.3 Å². The van der Waals surface area contributed by atoms with Crippen molar-refractivity contribution in [3.63, 3.8) is 0 Å². The van der Waals surface area contributed by atoms with E-state index in [1.165, 1.54) is 7.11 Å². The van der Waals surface area contributed by atoms with Gasteiger partial charge in [-0.1, -0.05) is 12.1 Å². The zero-order valence-electron chi connectivity index (χ0n) is 14.7. The highest BCUT2D eigenvalue weighted by Gasteiger charge is 2.27. The average molecular weight is 339 g/mol. The molecule has 130 valence electrons. The summed E-state index contributed by atoms with van der Waals surface area (Å²) in [5.41, 5.74) is 3.72. The van der Waals surface area contributed by atoms with Gasteiger partial charge in [-0.05, 0) is 55.2 Å². The number of rotatable bonds is 3. The first-order valence-corrected chi connectivity index (χ1v) is 8.23. The minimum atomic E-state index is -0.372. The molecule has 3 rings (SSSR count). The van der Waals surface area contributed by atoms with Gasteiger partial charge in [0.1, 0.15) is 5.75 Å². The van der Waals surface area contributed by atoms with Crippen LogP contribution in [0.15, 0.2) is 36.4 Å². The molecule has 0 bridgehead atoms. The number of fused-ring (bicyclic) bond motifs is 1. The fourth-order valence-electron chi connectivity index (χ4n) is 3.25. The Hall–Kier alpha value is -2.82. The lowest BCUT2D eigenvalue weighted by atomic mass is 9.95. The van der Waals surface area contributed by atoms with Crippen LogP contribution in [-0.4, -0.2) is 32.6 Å². The van der Waals surface area contributed by atoms with E-state index in [1.807, 2.05) is 19.1 Å². The predicted octanol–water partition coefficient (Wildman–Crippen LogP) is 3.38. The number of hydrogen-bond acceptors (Lipinski definition) is 4. The summed E-state index contributed by atoms with van der Waals surface area (Å²) in [5, 5.41) is 0. The molecule has 0 fully saturated rings. The quantitative estimate of drug-likeness (QED) is 0.805. The van der Waals surface area contributed by atoms with Crippen LogP contribution in [0, 0.1) is 6.92 Å². The highest BCUT2D eigenvalue weighted by atomic mass is 16.5. The molecule has 5 nitrogen and oxygen atoms in total. The predicted molar refractivity (Wildman–Crippen MR) is 95.5 cm³/mol. The Labute approximate surface area is 147 Å². The number of carbonyl (C=O) groups is 2. The standard InChI is InChI=1S/C20H21NO4/c1-13-9-10-14(12-18(13)24-2)19(22)21-11-5-7-15-16(20(23)25-3)6-4-8-17(15)21/h4,6,8-10,12H,5,7,11H2,1-3H3. The summed E-state index contributed by atoms with van der Waals surface area (Å²) in [6.07, 6.45) is 1.55. The van der Waals surface area contributed by atoms with Gasteiger partial charge in [0.25, 0.3) is 5.91 Å². The summed E-state index contributed by atoms with van der Waals surface area (Å²) >= 11 is 0. The van der Waals surface area contributed by atoms with Gasteiger partial charge in [-0.15, -0.1) is 0 Å². The van der Waals surface area contributed by atoms with E-state index in [-0.39, 0.29) is 11.9 Å². The largest absolute Gasteiger partial charge is 0.496 e. The number of esters is 1. The summed E-state index contributed by atoms with van der Waals surface area (Å²) in [6.45, 7) is 2.55. The van der Waals surface area contributed by atoms with Crippen LogP contribution >= 0.6 is 0 Å². The van der Waals surface area contributed by atoms with E-state index in [4.69, 9.17) is 9.47 Å². The first-order valence-electron chi connectivity index (χ1n) is 8.23. The zero-order valence-corrected chi connectivity index (χ0v) is 14.7. The number of aryl methyl sites for hydroxylation is 1. The van der Waals surface area contributed by atoms with Crippen LogP contribution in [0.25, 0.3) is 0 Å². The number of ether oxygens (including phenoxy) is 2. The van der Waals surface area contributed by atoms with Crippen molar-refractivity contribution < 1.29 is 19.1 Å². The SMILES string of the molecule is COC(=O)c1cccc2c1CCCN2C(=O)c1ccc(C)c(OC)c1. The lowest BCUT2D eigenvalue weighted by Crippen LogP contribution is -2.36. The second-order valence-electron chi connectivity index (χ2n) is 6.04. The van der Waals surface area contributed by atoms with Crippen molar-refractivity contribution in [3.8, 4) is 5.75 Å². The fourth-order valence-corrected chi connectivity index (χ4v) is 3.25. The average Bonchev–Trinajstić information content (AvgIpc) is 2.66. The zero-order chi connectivity index (χ0) is 18.0. The van der Waals surface area contributed by atoms with Gasteiger partial charge in [-0.2, -0.15) is 0 Å². The van der Waals surface area contributed by atoms with Gasteiger partial charge in [-0.3, -0.25) is 4.79 Å². The molecule has 1 aliphatic rings. The molecule has 0 spiro atoms. The van der Waals surface area contributed by atoms with Crippen LogP contribution in [0.4, 0.5) is 5.69 Å². The topological polar surface area (TPSA) is 55.8 Å². The molecule has 2 aromatic rings. The Morgan fingerprint density at radius 1 is 1.12 bits per heavy atom. The molecular weight excluding hydrogens is 318 g/mol. The molecule has 0 N–H and O–H groups in total. The number of benzene rings is 2. The molecule has 2 aromatic carbocycles. The van der Waals surface area contributed by atoms with Crippen LogP contribution in [0.2, 0.25) is 0 Å². The maximum atomic E-state index is 13.0. The van der Waals surface area contributed by atoms with Gasteiger partial charge in [-0.25, -0.2) is 4.79 Å². The second kappa shape index (κ2) is 6.97. The van der Waals surface area contributed by atoms with Crippen LogP contribution in [0.1, 0.15) is 38.3 Å². The van der Waals surface area contributed by atoms with Crippen molar-refractivity contribution in [1.82, 2.24) is 0 Å². The molecule has 1 heterocycles. The van der Waals surface area contributed by atoms with Crippen LogP contribution < -0.4 is 9.64 Å². The van der Waals surface area contributed by atoms with Crippen LogP contribution in [0.3, 0.4) is 0 Å². The molecule has 25 heavy (non-hydrogen) atoms. The van der Waals surface area contributed by atoms with Gasteiger partial charge < -0.3 is 14.4 Å². The molecule has 0 aromatic heterocycles. The monoisotopic (exact) mass is 339 g/mol. The number of hydrogen-bond donors (Lipinski definition) is 0. The van der Waals surface area contributed by atoms with Gasteiger partial charge in [0, 0.05) is 17.8 Å². The van der Waals surface area contributed by atoms with E-state index < -0.39 is 0 Å². The maximum absolute atomic E-state index is 13.0. The Bertz CT molecular complexity index is 828. The lowest BCUT2D eigenvalue weighted by Gasteiger charge is -2.30. The molecule has 0 saturated heterocycles. The number of methoxy groups -OCH3 is 2. The maximum Gasteiger partial charge on any atom is 0.338 e. The van der Waals surface area contributed by atoms with Crippen molar-refractivity contribution in [2.75, 3.05) is 25.7 Å². The third-order valence-electron chi connectivity index (χ3n) is 4.56. The van der Waals surface area contributed by atoms with Crippen molar-refractivity contribution in [3.05, 3.63) is 58.7 Å². The molecule has 0 saturated carbocycles. The summed E-state index contributed by atoms with van der Waals surface area (Å²) in [6, 6.07) is 10.8. The van der Waals surface area contributed by atoms with Crippen LogP contribution in [-0.2, 0) is 11.2 Å². The number of carbonyl (C=O) groups excluding carboxylic acids is 2. The second-order valence-corrected chi connectivity index (χ2v) is 6.04. The van der Waals surface area contributed by atoms with E-state index in [0.717, 1.165) is 29.7 Å². The number of amides is 1. The molecule has 1 amide bonds. The van der Waals surface area contributed by atoms with Gasteiger partial charge in [0.2, 0.25) is 0 Å². The van der Waals surface area contributed by atoms with Gasteiger partial charge in [0.15, 0.2) is 0 Å². The van der Waals surface area contributed by atoms with Gasteiger partial charge >= 0.3 is 5.97 Å². The van der Waals surface area contributed by atoms with Crippen molar-refractivity contribution in [1.29, 1.82) is 0 Å². The molecule has 0 aliphatic carbocycles. The summed E-state index contributed by atoms with van der Waals surface area (Å²) in [5.74, 6) is 0.218. The van der Waals surface area contributed by atoms with Crippen molar-refractivity contribution >= 4 is 17.6 Å². The highest BCUT2D eigenvalue weighted by molar-refractivity contribution is 6.08. The van der Waals surface area contributed by atoms with E-state index in [2.05, 4.69) is 0 Å². The Kier molecular flexibility index (Phi) is 4.74. The van der Waals surface area contributed by atoms with Crippen molar-refractivity contribution in [2.24, 2.45) is 0 Å². The Balaban J connectivity index is 2.01. The summed E-state index contributed by atoms with van der Waals surface area (Å²) in [7, 11) is 2.96. The molecular formula is C20H21NO4. The first-order chi connectivity index (χ1) is 12.1. The molecule has 0 radical (unpaired) electrons. The smallest absolute Gasteiger partial charge is 0.338 e. The highest BCUT2D eigenvalue weighted by Crippen LogP contribution is 2.32. The molecule has 0 atom stereocenters. The molecule has 0 unspecified atom stereocenters. The Morgan fingerprint density at radius 3 is 2.64 bits per heavy atom. The molecule has 1 aliphatic heterocycles. The lowest BCUT2D eigenvalue weighted by molar-refractivity contribution is 0.0599. The number of nitrogens with zero attached hydrogens (tertiary/aromatic N) is 1. The normalized spacial score (nSPS) is 13.2. The minimum absolute atomic E-state index is 0.0961. The third kappa shape index (κ3) is 3.09. The minimum Gasteiger partial charge on any atom is -0.496 e. The Morgan fingerprint density at radius 2 is 1.92 bits per heavy atom. The fraction of sp³-hybridized carbons (Fsp3) is 0.300. The van der Waals surface area contributed by atoms with E-state index >= 15 is 0 Å². The summed E-state index contributed by atoms with van der Waals surface area (Å²) < 4.78 is 10.2. The number of anilines is 1. The van der Waals surface area contributed by atoms with Gasteiger partial charge in [0.05, 0.1) is 19.8 Å². The molecule has 5 heteroatoms. The van der Waals surface area contributed by atoms with E-state index in [9.17, 15) is 9.59 Å². The summed E-state index contributed by atoms with van der Waals surface area (Å²) in [4.78, 5) is 26.8. The first kappa shape index (κ1) is 17.0. The van der Waals surface area contributed by atoms with Crippen LogP contribution in [0.5, 0.6) is 5.75 Å². The van der Waals surface area contributed by atoms with E-state index in [0.29, 0.717) is 23.4 Å². The third-order valence-corrected chi connectivity index (χ3v) is 4.56.